The second kappa shape index (κ2) is 6.90. The molecule has 0 N–H and O–H groups in total. The van der Waals surface area contributed by atoms with Crippen LogP contribution in [0, 0.1) is 11.3 Å². The standard InChI is InChI=1S/C14H24O4/c1-5-18-13(15)6-12-8-14(9-16-3,10-17-4)7-11(12)2/h12H,2,5-10H2,1,3-4H3. The predicted octanol–water partition coefficient (Wildman–Crippen LogP) is 2.18. The maximum atomic E-state index is 11.5. The first-order chi connectivity index (χ1) is 8.56. The van der Waals surface area contributed by atoms with Crippen LogP contribution in [-0.2, 0) is 19.0 Å². The van der Waals surface area contributed by atoms with Crippen molar-refractivity contribution in [1.29, 1.82) is 0 Å². The van der Waals surface area contributed by atoms with Crippen LogP contribution < -0.4 is 0 Å². The summed E-state index contributed by atoms with van der Waals surface area (Å²) in [7, 11) is 3.39. The highest BCUT2D eigenvalue weighted by Crippen LogP contribution is 2.46. The highest BCUT2D eigenvalue weighted by molar-refractivity contribution is 5.70. The number of allylic oxidation sites excluding steroid dienone is 1. The van der Waals surface area contributed by atoms with Crippen molar-refractivity contribution < 1.29 is 19.0 Å². The fraction of sp³-hybridized carbons (Fsp3) is 0.786. The van der Waals surface area contributed by atoms with E-state index in [1.54, 1.807) is 14.2 Å². The van der Waals surface area contributed by atoms with Gasteiger partial charge in [-0.05, 0) is 25.7 Å². The minimum Gasteiger partial charge on any atom is -0.466 e. The molecule has 1 unspecified atom stereocenters. The van der Waals surface area contributed by atoms with E-state index in [-0.39, 0.29) is 17.3 Å². The fourth-order valence-corrected chi connectivity index (χ4v) is 2.88. The Labute approximate surface area is 109 Å². The Morgan fingerprint density at radius 3 is 2.50 bits per heavy atom. The lowest BCUT2D eigenvalue weighted by molar-refractivity contribution is -0.144. The van der Waals surface area contributed by atoms with Gasteiger partial charge in [0.15, 0.2) is 0 Å². The van der Waals surface area contributed by atoms with E-state index in [0.29, 0.717) is 26.2 Å². The first-order valence-electron chi connectivity index (χ1n) is 6.38. The molecule has 0 saturated heterocycles. The second-order valence-electron chi connectivity index (χ2n) is 5.11. The van der Waals surface area contributed by atoms with Gasteiger partial charge in [-0.1, -0.05) is 12.2 Å². The predicted molar refractivity (Wildman–Crippen MR) is 69.3 cm³/mol. The minimum atomic E-state index is -0.144. The molecule has 1 saturated carbocycles. The highest BCUT2D eigenvalue weighted by Gasteiger charge is 2.42. The van der Waals surface area contributed by atoms with Crippen LogP contribution in [-0.4, -0.2) is 40.0 Å². The smallest absolute Gasteiger partial charge is 0.306 e. The lowest BCUT2D eigenvalue weighted by atomic mass is 9.86. The number of ether oxygens (including phenoxy) is 3. The molecule has 0 amide bonds. The minimum absolute atomic E-state index is 0.0300. The molecule has 0 aromatic heterocycles. The van der Waals surface area contributed by atoms with E-state index in [1.807, 2.05) is 6.92 Å². The molecule has 4 nitrogen and oxygen atoms in total. The Bertz CT molecular complexity index is 292. The zero-order valence-electron chi connectivity index (χ0n) is 11.7. The summed E-state index contributed by atoms with van der Waals surface area (Å²) < 4.78 is 15.6. The van der Waals surface area contributed by atoms with Crippen molar-refractivity contribution in [2.24, 2.45) is 11.3 Å². The average molecular weight is 256 g/mol. The Balaban J connectivity index is 2.62. The third-order valence-electron chi connectivity index (χ3n) is 3.48. The molecule has 104 valence electrons. The van der Waals surface area contributed by atoms with E-state index in [1.165, 1.54) is 0 Å². The van der Waals surface area contributed by atoms with Gasteiger partial charge in [-0.15, -0.1) is 0 Å². The van der Waals surface area contributed by atoms with Gasteiger partial charge in [-0.2, -0.15) is 0 Å². The van der Waals surface area contributed by atoms with Crippen molar-refractivity contribution in [3.63, 3.8) is 0 Å². The molecule has 0 spiro atoms. The monoisotopic (exact) mass is 256 g/mol. The maximum absolute atomic E-state index is 11.5. The number of rotatable bonds is 7. The van der Waals surface area contributed by atoms with Gasteiger partial charge >= 0.3 is 5.97 Å². The maximum Gasteiger partial charge on any atom is 0.306 e. The van der Waals surface area contributed by atoms with E-state index < -0.39 is 0 Å². The van der Waals surface area contributed by atoms with Crippen LogP contribution in [0.1, 0.15) is 26.2 Å². The van der Waals surface area contributed by atoms with Crippen LogP contribution in [0.15, 0.2) is 12.2 Å². The van der Waals surface area contributed by atoms with Crippen LogP contribution in [0.25, 0.3) is 0 Å². The normalized spacial score (nSPS) is 22.2. The molecule has 1 aliphatic carbocycles. The molecule has 0 aliphatic heterocycles. The molecule has 0 aromatic rings. The van der Waals surface area contributed by atoms with Gasteiger partial charge in [0.2, 0.25) is 0 Å². The molecule has 0 radical (unpaired) electrons. The number of hydrogen-bond donors (Lipinski definition) is 0. The summed E-state index contributed by atoms with van der Waals surface area (Å²) in [6.45, 7) is 7.62. The van der Waals surface area contributed by atoms with Crippen LogP contribution in [0.2, 0.25) is 0 Å². The Kier molecular flexibility index (Phi) is 5.82. The van der Waals surface area contributed by atoms with Crippen molar-refractivity contribution in [2.45, 2.75) is 26.2 Å². The molecule has 1 rings (SSSR count). The summed E-state index contributed by atoms with van der Waals surface area (Å²) in [5.41, 5.74) is 1.08. The molecule has 0 heterocycles. The molecule has 0 aromatic carbocycles. The second-order valence-corrected chi connectivity index (χ2v) is 5.11. The number of carbonyl (C=O) groups is 1. The quantitative estimate of drug-likeness (QED) is 0.517. The summed E-state index contributed by atoms with van der Waals surface area (Å²) in [6, 6.07) is 0. The number of carbonyl (C=O) groups excluding carboxylic acids is 1. The lowest BCUT2D eigenvalue weighted by Gasteiger charge is -2.27. The van der Waals surface area contributed by atoms with E-state index in [0.717, 1.165) is 18.4 Å². The molecule has 18 heavy (non-hydrogen) atoms. The van der Waals surface area contributed by atoms with Crippen molar-refractivity contribution in [1.82, 2.24) is 0 Å². The Hall–Kier alpha value is -0.870. The topological polar surface area (TPSA) is 44.8 Å². The zero-order chi connectivity index (χ0) is 13.6. The third-order valence-corrected chi connectivity index (χ3v) is 3.48. The zero-order valence-corrected chi connectivity index (χ0v) is 11.7. The average Bonchev–Trinajstić information content (AvgIpc) is 2.56. The van der Waals surface area contributed by atoms with Crippen LogP contribution >= 0.6 is 0 Å². The summed E-state index contributed by atoms with van der Waals surface area (Å²) >= 11 is 0. The SMILES string of the molecule is C=C1CC(COC)(COC)CC1CC(=O)OCC. The van der Waals surface area contributed by atoms with Crippen LogP contribution in [0.3, 0.4) is 0 Å². The largest absolute Gasteiger partial charge is 0.466 e. The van der Waals surface area contributed by atoms with Crippen LogP contribution in [0.4, 0.5) is 0 Å². The summed E-state index contributed by atoms with van der Waals surface area (Å²) in [5.74, 6) is 0.0450. The highest BCUT2D eigenvalue weighted by atomic mass is 16.5. The van der Waals surface area contributed by atoms with Gasteiger partial charge in [0, 0.05) is 19.6 Å². The summed E-state index contributed by atoms with van der Waals surface area (Å²) in [5, 5.41) is 0. The van der Waals surface area contributed by atoms with E-state index in [9.17, 15) is 4.79 Å². The van der Waals surface area contributed by atoms with Crippen LogP contribution in [0.5, 0.6) is 0 Å². The molecular weight excluding hydrogens is 232 g/mol. The van der Waals surface area contributed by atoms with Crippen molar-refractivity contribution >= 4 is 5.97 Å². The Morgan fingerprint density at radius 1 is 1.39 bits per heavy atom. The van der Waals surface area contributed by atoms with Crippen molar-refractivity contribution in [3.8, 4) is 0 Å². The molecule has 1 fully saturated rings. The third kappa shape index (κ3) is 3.82. The fourth-order valence-electron chi connectivity index (χ4n) is 2.88. The number of hydrogen-bond acceptors (Lipinski definition) is 4. The van der Waals surface area contributed by atoms with Crippen molar-refractivity contribution in [3.05, 3.63) is 12.2 Å². The van der Waals surface area contributed by atoms with Gasteiger partial charge in [0.05, 0.1) is 26.2 Å². The molecular formula is C14H24O4. The molecule has 4 heteroatoms. The van der Waals surface area contributed by atoms with E-state index in [4.69, 9.17) is 14.2 Å². The van der Waals surface area contributed by atoms with Gasteiger partial charge < -0.3 is 14.2 Å². The van der Waals surface area contributed by atoms with E-state index in [2.05, 4.69) is 6.58 Å². The van der Waals surface area contributed by atoms with Crippen molar-refractivity contribution in [2.75, 3.05) is 34.0 Å². The van der Waals surface area contributed by atoms with Gasteiger partial charge in [0.25, 0.3) is 0 Å². The Morgan fingerprint density at radius 2 is 2.00 bits per heavy atom. The summed E-state index contributed by atoms with van der Waals surface area (Å²) in [6.07, 6.45) is 2.16. The van der Waals surface area contributed by atoms with E-state index >= 15 is 0 Å². The van der Waals surface area contributed by atoms with Gasteiger partial charge in [0.1, 0.15) is 0 Å². The molecule has 1 aliphatic rings. The molecule has 0 bridgehead atoms. The number of methoxy groups -OCH3 is 2. The first kappa shape index (κ1) is 15.2. The first-order valence-corrected chi connectivity index (χ1v) is 6.38. The summed E-state index contributed by atoms with van der Waals surface area (Å²) in [4.78, 5) is 11.5. The number of esters is 1. The van der Waals surface area contributed by atoms with Gasteiger partial charge in [-0.25, -0.2) is 0 Å². The van der Waals surface area contributed by atoms with Gasteiger partial charge in [-0.3, -0.25) is 4.79 Å². The lowest BCUT2D eigenvalue weighted by Crippen LogP contribution is -2.29. The molecule has 1 atom stereocenters.